The van der Waals surface area contributed by atoms with E-state index in [1.54, 1.807) is 7.11 Å². The van der Waals surface area contributed by atoms with Gasteiger partial charge >= 0.3 is 0 Å². The predicted octanol–water partition coefficient (Wildman–Crippen LogP) is 3.55. The van der Waals surface area contributed by atoms with Crippen LogP contribution >= 0.6 is 0 Å². The summed E-state index contributed by atoms with van der Waals surface area (Å²) < 4.78 is 5.13. The average molecular weight is 252 g/mol. The molecule has 0 saturated carbocycles. The summed E-state index contributed by atoms with van der Waals surface area (Å²) in [6, 6.07) is 19.6. The maximum atomic E-state index is 9.48. The third-order valence-electron chi connectivity index (χ3n) is 3.06. The van der Waals surface area contributed by atoms with Crippen LogP contribution in [0.1, 0.15) is 12.5 Å². The Morgan fingerprint density at radius 1 is 1.05 bits per heavy atom. The van der Waals surface area contributed by atoms with Crippen LogP contribution in [0.4, 0.5) is 5.69 Å². The maximum Gasteiger partial charge on any atom is 0.148 e. The third-order valence-corrected chi connectivity index (χ3v) is 3.06. The summed E-state index contributed by atoms with van der Waals surface area (Å²) >= 11 is 0. The molecule has 0 aromatic heterocycles. The number of methoxy groups -OCH3 is 1. The van der Waals surface area contributed by atoms with Crippen LogP contribution in [-0.4, -0.2) is 7.11 Å². The normalized spacial score (nSPS) is 13.1. The first-order chi connectivity index (χ1) is 9.18. The van der Waals surface area contributed by atoms with Gasteiger partial charge in [-0.2, -0.15) is 5.26 Å². The standard InChI is InChI=1S/C16H16N2O/c1-16(12-17,18-14-6-4-3-5-7-14)13-8-10-15(19-2)11-9-13/h3-11,18H,1-2H3. The van der Waals surface area contributed by atoms with E-state index in [4.69, 9.17) is 4.74 Å². The molecule has 2 aromatic rings. The summed E-state index contributed by atoms with van der Waals surface area (Å²) in [5.74, 6) is 0.781. The molecular weight excluding hydrogens is 236 g/mol. The fourth-order valence-electron chi connectivity index (χ4n) is 1.90. The molecule has 0 heterocycles. The highest BCUT2D eigenvalue weighted by Gasteiger charge is 2.26. The number of para-hydroxylation sites is 1. The van der Waals surface area contributed by atoms with Gasteiger partial charge in [-0.25, -0.2) is 0 Å². The number of anilines is 1. The van der Waals surface area contributed by atoms with E-state index in [0.29, 0.717) is 0 Å². The maximum absolute atomic E-state index is 9.48. The molecule has 0 aliphatic rings. The number of nitriles is 1. The number of rotatable bonds is 4. The van der Waals surface area contributed by atoms with Gasteiger partial charge in [0, 0.05) is 5.69 Å². The van der Waals surface area contributed by atoms with E-state index in [9.17, 15) is 5.26 Å². The lowest BCUT2D eigenvalue weighted by Crippen LogP contribution is -2.29. The molecule has 3 nitrogen and oxygen atoms in total. The molecule has 0 saturated heterocycles. The second kappa shape index (κ2) is 5.45. The predicted molar refractivity (Wildman–Crippen MR) is 76.0 cm³/mol. The van der Waals surface area contributed by atoms with E-state index in [-0.39, 0.29) is 0 Å². The molecular formula is C16H16N2O. The molecule has 3 heteroatoms. The highest BCUT2D eigenvalue weighted by molar-refractivity contribution is 5.50. The Morgan fingerprint density at radius 2 is 1.68 bits per heavy atom. The van der Waals surface area contributed by atoms with Gasteiger partial charge in [-0.15, -0.1) is 0 Å². The molecule has 1 N–H and O–H groups in total. The van der Waals surface area contributed by atoms with E-state index >= 15 is 0 Å². The van der Waals surface area contributed by atoms with Gasteiger partial charge in [-0.05, 0) is 36.8 Å². The second-order valence-corrected chi connectivity index (χ2v) is 4.46. The molecule has 1 atom stereocenters. The fourth-order valence-corrected chi connectivity index (χ4v) is 1.90. The molecule has 96 valence electrons. The van der Waals surface area contributed by atoms with Crippen molar-refractivity contribution in [3.05, 3.63) is 60.2 Å². The smallest absolute Gasteiger partial charge is 0.148 e. The Kier molecular flexibility index (Phi) is 3.72. The minimum Gasteiger partial charge on any atom is -0.497 e. The molecule has 0 aliphatic carbocycles. The van der Waals surface area contributed by atoms with Gasteiger partial charge in [0.2, 0.25) is 0 Å². The summed E-state index contributed by atoms with van der Waals surface area (Å²) in [6.45, 7) is 1.86. The molecule has 0 fully saturated rings. The Hall–Kier alpha value is -2.47. The highest BCUT2D eigenvalue weighted by atomic mass is 16.5. The van der Waals surface area contributed by atoms with Crippen LogP contribution in [0, 0.1) is 11.3 Å². The van der Waals surface area contributed by atoms with Crippen molar-refractivity contribution in [2.45, 2.75) is 12.5 Å². The van der Waals surface area contributed by atoms with Crippen LogP contribution in [0.5, 0.6) is 5.75 Å². The van der Waals surface area contributed by atoms with Gasteiger partial charge in [0.1, 0.15) is 11.3 Å². The topological polar surface area (TPSA) is 45.0 Å². The Labute approximate surface area is 113 Å². The van der Waals surface area contributed by atoms with Gasteiger partial charge < -0.3 is 10.1 Å². The first kappa shape index (κ1) is 13.0. The van der Waals surface area contributed by atoms with E-state index in [1.165, 1.54) is 0 Å². The van der Waals surface area contributed by atoms with E-state index < -0.39 is 5.54 Å². The lowest BCUT2D eigenvalue weighted by molar-refractivity contribution is 0.414. The lowest BCUT2D eigenvalue weighted by atomic mass is 9.93. The summed E-state index contributed by atoms with van der Waals surface area (Å²) in [4.78, 5) is 0. The second-order valence-electron chi connectivity index (χ2n) is 4.46. The van der Waals surface area contributed by atoms with Gasteiger partial charge in [-0.3, -0.25) is 0 Å². The zero-order valence-corrected chi connectivity index (χ0v) is 11.1. The fraction of sp³-hybridized carbons (Fsp3) is 0.188. The Bertz CT molecular complexity index is 572. The third kappa shape index (κ3) is 2.86. The molecule has 0 spiro atoms. The van der Waals surface area contributed by atoms with Crippen molar-refractivity contribution in [2.24, 2.45) is 0 Å². The summed E-state index contributed by atoms with van der Waals surface area (Å²) in [6.07, 6.45) is 0. The number of hydrogen-bond donors (Lipinski definition) is 1. The van der Waals surface area contributed by atoms with Crippen LogP contribution in [0.2, 0.25) is 0 Å². The Balaban J connectivity index is 2.29. The number of hydrogen-bond acceptors (Lipinski definition) is 3. The van der Waals surface area contributed by atoms with Crippen molar-refractivity contribution in [1.29, 1.82) is 5.26 Å². The first-order valence-corrected chi connectivity index (χ1v) is 6.07. The van der Waals surface area contributed by atoms with Gasteiger partial charge in [0.15, 0.2) is 0 Å². The number of ether oxygens (including phenoxy) is 1. The molecule has 0 radical (unpaired) electrons. The SMILES string of the molecule is COc1ccc(C(C)(C#N)Nc2ccccc2)cc1. The van der Waals surface area contributed by atoms with Crippen molar-refractivity contribution in [3.63, 3.8) is 0 Å². The minimum absolute atomic E-state index is 0.770. The van der Waals surface area contributed by atoms with E-state index in [0.717, 1.165) is 17.0 Å². The first-order valence-electron chi connectivity index (χ1n) is 6.07. The van der Waals surface area contributed by atoms with Crippen molar-refractivity contribution in [3.8, 4) is 11.8 Å². The highest BCUT2D eigenvalue weighted by Crippen LogP contribution is 2.26. The van der Waals surface area contributed by atoms with Gasteiger partial charge in [-0.1, -0.05) is 30.3 Å². The number of benzene rings is 2. The van der Waals surface area contributed by atoms with E-state index in [2.05, 4.69) is 11.4 Å². The monoisotopic (exact) mass is 252 g/mol. The molecule has 2 rings (SSSR count). The van der Waals surface area contributed by atoms with Crippen molar-refractivity contribution in [2.75, 3.05) is 12.4 Å². The van der Waals surface area contributed by atoms with Crippen LogP contribution in [0.3, 0.4) is 0 Å². The number of nitrogens with zero attached hydrogens (tertiary/aromatic N) is 1. The molecule has 0 amide bonds. The van der Waals surface area contributed by atoms with Crippen LogP contribution < -0.4 is 10.1 Å². The van der Waals surface area contributed by atoms with Crippen molar-refractivity contribution in [1.82, 2.24) is 0 Å². The largest absolute Gasteiger partial charge is 0.497 e. The molecule has 0 bridgehead atoms. The molecule has 2 aromatic carbocycles. The lowest BCUT2D eigenvalue weighted by Gasteiger charge is -2.25. The summed E-state index contributed by atoms with van der Waals surface area (Å²) in [5.41, 5.74) is 1.05. The number of nitrogens with one attached hydrogen (secondary N) is 1. The van der Waals surface area contributed by atoms with Crippen LogP contribution in [0.15, 0.2) is 54.6 Å². The van der Waals surface area contributed by atoms with Crippen LogP contribution in [-0.2, 0) is 5.54 Å². The van der Waals surface area contributed by atoms with Crippen molar-refractivity contribution < 1.29 is 4.74 Å². The summed E-state index contributed by atoms with van der Waals surface area (Å²) in [7, 11) is 1.63. The van der Waals surface area contributed by atoms with Gasteiger partial charge in [0.25, 0.3) is 0 Å². The average Bonchev–Trinajstić information content (AvgIpc) is 2.48. The van der Waals surface area contributed by atoms with Crippen molar-refractivity contribution >= 4 is 5.69 Å². The molecule has 19 heavy (non-hydrogen) atoms. The van der Waals surface area contributed by atoms with Gasteiger partial charge in [0.05, 0.1) is 13.2 Å². The van der Waals surface area contributed by atoms with Crippen LogP contribution in [0.25, 0.3) is 0 Å². The zero-order valence-electron chi connectivity index (χ0n) is 11.1. The zero-order chi connectivity index (χ0) is 13.7. The molecule has 1 unspecified atom stereocenters. The van der Waals surface area contributed by atoms with E-state index in [1.807, 2.05) is 61.5 Å². The molecule has 0 aliphatic heterocycles. The summed E-state index contributed by atoms with van der Waals surface area (Å²) in [5, 5.41) is 12.7. The minimum atomic E-state index is -0.770. The Morgan fingerprint density at radius 3 is 2.21 bits per heavy atom. The quantitative estimate of drug-likeness (QED) is 0.905.